The first kappa shape index (κ1) is 20.0. The Kier molecular flexibility index (Phi) is 7.53. The van der Waals surface area contributed by atoms with Gasteiger partial charge in [0.2, 0.25) is 15.9 Å². The summed E-state index contributed by atoms with van der Waals surface area (Å²) in [5.41, 5.74) is 1.02. The van der Waals surface area contributed by atoms with Crippen molar-refractivity contribution in [1.29, 1.82) is 0 Å². The van der Waals surface area contributed by atoms with E-state index in [-0.39, 0.29) is 16.7 Å². The standard InChI is InChI=1S/C18H26N2O3S2/c1-3-11-24-14-18(21)20-10-4-5-16(13-20)12-19-25(22,23)17-8-6-15(2)7-9-17/h3,6-9,16,19H,1,4-5,10-14H2,2H3. The minimum atomic E-state index is -3.50. The number of aryl methyl sites for hydroxylation is 1. The van der Waals surface area contributed by atoms with Gasteiger partial charge in [0, 0.05) is 25.4 Å². The summed E-state index contributed by atoms with van der Waals surface area (Å²) in [6.07, 6.45) is 3.63. The molecule has 0 aromatic heterocycles. The van der Waals surface area contributed by atoms with Crippen LogP contribution < -0.4 is 4.72 Å². The first-order valence-electron chi connectivity index (χ1n) is 8.45. The van der Waals surface area contributed by atoms with Crippen molar-refractivity contribution in [3.05, 3.63) is 42.5 Å². The van der Waals surface area contributed by atoms with E-state index in [2.05, 4.69) is 11.3 Å². The molecule has 7 heteroatoms. The van der Waals surface area contributed by atoms with Crippen molar-refractivity contribution in [2.24, 2.45) is 5.92 Å². The molecule has 1 aromatic carbocycles. The van der Waals surface area contributed by atoms with E-state index in [1.54, 1.807) is 42.1 Å². The highest BCUT2D eigenvalue weighted by Crippen LogP contribution is 2.18. The molecule has 1 saturated heterocycles. The second kappa shape index (κ2) is 9.40. The Balaban J connectivity index is 1.86. The van der Waals surface area contributed by atoms with Crippen LogP contribution in [0.2, 0.25) is 0 Å². The lowest BCUT2D eigenvalue weighted by Crippen LogP contribution is -2.44. The highest BCUT2D eigenvalue weighted by Gasteiger charge is 2.25. The number of nitrogens with one attached hydrogen (secondary N) is 1. The number of benzene rings is 1. The van der Waals surface area contributed by atoms with Gasteiger partial charge in [0.25, 0.3) is 0 Å². The van der Waals surface area contributed by atoms with Crippen LogP contribution in [0.4, 0.5) is 0 Å². The van der Waals surface area contributed by atoms with Gasteiger partial charge in [0.15, 0.2) is 0 Å². The van der Waals surface area contributed by atoms with Gasteiger partial charge >= 0.3 is 0 Å². The Hall–Kier alpha value is -1.31. The van der Waals surface area contributed by atoms with Gasteiger partial charge in [-0.1, -0.05) is 23.8 Å². The van der Waals surface area contributed by atoms with E-state index < -0.39 is 10.0 Å². The average molecular weight is 383 g/mol. The summed E-state index contributed by atoms with van der Waals surface area (Å²) >= 11 is 1.55. The number of likely N-dealkylation sites (tertiary alicyclic amines) is 1. The summed E-state index contributed by atoms with van der Waals surface area (Å²) in [7, 11) is -3.50. The van der Waals surface area contributed by atoms with Crippen molar-refractivity contribution in [1.82, 2.24) is 9.62 Å². The van der Waals surface area contributed by atoms with Gasteiger partial charge in [-0.3, -0.25) is 4.79 Å². The minimum absolute atomic E-state index is 0.123. The Labute approximate surface area is 154 Å². The number of hydrogen-bond donors (Lipinski definition) is 1. The summed E-state index contributed by atoms with van der Waals surface area (Å²) in [6, 6.07) is 6.81. The summed E-state index contributed by atoms with van der Waals surface area (Å²) in [6.45, 7) is 7.30. The zero-order valence-electron chi connectivity index (χ0n) is 14.6. The van der Waals surface area contributed by atoms with Gasteiger partial charge in [-0.25, -0.2) is 13.1 Å². The van der Waals surface area contributed by atoms with Crippen LogP contribution in [0.15, 0.2) is 41.8 Å². The number of rotatable bonds is 8. The Morgan fingerprint density at radius 3 is 2.80 bits per heavy atom. The molecule has 1 fully saturated rings. The molecule has 5 nitrogen and oxygen atoms in total. The number of thioether (sulfide) groups is 1. The largest absolute Gasteiger partial charge is 0.342 e. The summed E-state index contributed by atoms with van der Waals surface area (Å²) in [5, 5.41) is 0. The molecule has 1 N–H and O–H groups in total. The van der Waals surface area contributed by atoms with E-state index in [4.69, 9.17) is 0 Å². The maximum Gasteiger partial charge on any atom is 0.240 e. The van der Waals surface area contributed by atoms with Crippen molar-refractivity contribution in [3.63, 3.8) is 0 Å². The second-order valence-electron chi connectivity index (χ2n) is 6.32. The fourth-order valence-corrected chi connectivity index (χ4v) is 4.57. The molecule has 0 spiro atoms. The van der Waals surface area contributed by atoms with Crippen molar-refractivity contribution >= 4 is 27.7 Å². The molecule has 1 unspecified atom stereocenters. The number of carbonyl (C=O) groups excluding carboxylic acids is 1. The molecule has 0 radical (unpaired) electrons. The zero-order valence-corrected chi connectivity index (χ0v) is 16.2. The van der Waals surface area contributed by atoms with E-state index in [1.165, 1.54) is 0 Å². The number of amides is 1. The lowest BCUT2D eigenvalue weighted by Gasteiger charge is -2.32. The van der Waals surface area contributed by atoms with Crippen LogP contribution in [0.25, 0.3) is 0 Å². The molecule has 1 aliphatic heterocycles. The second-order valence-corrected chi connectivity index (χ2v) is 9.11. The zero-order chi connectivity index (χ0) is 18.3. The monoisotopic (exact) mass is 382 g/mol. The number of nitrogens with zero attached hydrogens (tertiary/aromatic N) is 1. The molecule has 0 aliphatic carbocycles. The summed E-state index contributed by atoms with van der Waals surface area (Å²) in [4.78, 5) is 14.3. The fraction of sp³-hybridized carbons (Fsp3) is 0.500. The van der Waals surface area contributed by atoms with Crippen molar-refractivity contribution in [3.8, 4) is 0 Å². The Morgan fingerprint density at radius 2 is 2.12 bits per heavy atom. The van der Waals surface area contributed by atoms with Crippen LogP contribution in [0.3, 0.4) is 0 Å². The number of hydrogen-bond acceptors (Lipinski definition) is 4. The third-order valence-electron chi connectivity index (χ3n) is 4.23. The van der Waals surface area contributed by atoms with Crippen LogP contribution in [-0.4, -0.2) is 50.4 Å². The quantitative estimate of drug-likeness (QED) is 0.554. The normalized spacial score (nSPS) is 18.1. The third-order valence-corrected chi connectivity index (χ3v) is 6.59. The number of sulfonamides is 1. The lowest BCUT2D eigenvalue weighted by atomic mass is 9.98. The highest BCUT2D eigenvalue weighted by molar-refractivity contribution is 8.00. The molecule has 1 heterocycles. The van der Waals surface area contributed by atoms with E-state index in [1.807, 2.05) is 11.8 Å². The molecule has 1 atom stereocenters. The van der Waals surface area contributed by atoms with Crippen LogP contribution in [0, 0.1) is 12.8 Å². The molecule has 2 rings (SSSR count). The predicted octanol–water partition coefficient (Wildman–Crippen LogP) is 2.43. The van der Waals surface area contributed by atoms with Crippen molar-refractivity contribution in [2.75, 3.05) is 31.1 Å². The summed E-state index contributed by atoms with van der Waals surface area (Å²) < 4.78 is 27.4. The van der Waals surface area contributed by atoms with Gasteiger partial charge in [-0.2, -0.15) is 0 Å². The van der Waals surface area contributed by atoms with Crippen LogP contribution in [0.1, 0.15) is 18.4 Å². The molecular formula is C18H26N2O3S2. The molecule has 1 amide bonds. The lowest BCUT2D eigenvalue weighted by molar-refractivity contribution is -0.130. The van der Waals surface area contributed by atoms with Crippen LogP contribution in [0.5, 0.6) is 0 Å². The maximum absolute atomic E-state index is 12.4. The topological polar surface area (TPSA) is 66.5 Å². The maximum atomic E-state index is 12.4. The number of carbonyl (C=O) groups is 1. The molecule has 25 heavy (non-hydrogen) atoms. The van der Waals surface area contributed by atoms with Gasteiger partial charge in [0.1, 0.15) is 0 Å². The van der Waals surface area contributed by atoms with Crippen molar-refractivity contribution in [2.45, 2.75) is 24.7 Å². The minimum Gasteiger partial charge on any atom is -0.342 e. The van der Waals surface area contributed by atoms with Gasteiger partial charge in [-0.05, 0) is 37.8 Å². The molecule has 1 aliphatic rings. The number of piperidine rings is 1. The molecule has 0 saturated carbocycles. The van der Waals surface area contributed by atoms with Crippen molar-refractivity contribution < 1.29 is 13.2 Å². The molecule has 138 valence electrons. The molecule has 0 bridgehead atoms. The average Bonchev–Trinajstić information content (AvgIpc) is 2.61. The van der Waals surface area contributed by atoms with Crippen LogP contribution in [-0.2, 0) is 14.8 Å². The predicted molar refractivity (Wildman–Crippen MR) is 103 cm³/mol. The van der Waals surface area contributed by atoms with E-state index in [0.717, 1.165) is 30.7 Å². The molecule has 1 aromatic rings. The first-order chi connectivity index (χ1) is 11.9. The smallest absolute Gasteiger partial charge is 0.240 e. The Bertz CT molecular complexity index is 687. The summed E-state index contributed by atoms with van der Waals surface area (Å²) in [5.74, 6) is 1.49. The van der Waals surface area contributed by atoms with Gasteiger partial charge < -0.3 is 4.90 Å². The molecular weight excluding hydrogens is 356 g/mol. The van der Waals surface area contributed by atoms with Gasteiger partial charge in [-0.15, -0.1) is 18.3 Å². The van der Waals surface area contributed by atoms with E-state index in [0.29, 0.717) is 18.8 Å². The third kappa shape index (κ3) is 6.17. The van der Waals surface area contributed by atoms with Crippen LogP contribution >= 0.6 is 11.8 Å². The fourth-order valence-electron chi connectivity index (χ4n) is 2.81. The Morgan fingerprint density at radius 1 is 1.40 bits per heavy atom. The van der Waals surface area contributed by atoms with Gasteiger partial charge in [0.05, 0.1) is 10.6 Å². The first-order valence-corrected chi connectivity index (χ1v) is 11.1. The highest BCUT2D eigenvalue weighted by atomic mass is 32.2. The SMILES string of the molecule is C=CCSCC(=O)N1CCCC(CNS(=O)(=O)c2ccc(C)cc2)C1. The van der Waals surface area contributed by atoms with E-state index in [9.17, 15) is 13.2 Å². The van der Waals surface area contributed by atoms with E-state index >= 15 is 0 Å².